The monoisotopic (exact) mass is 298 g/mol. The Morgan fingerprint density at radius 1 is 1.35 bits per heavy atom. The van der Waals surface area contributed by atoms with Crippen molar-refractivity contribution in [2.24, 2.45) is 0 Å². The van der Waals surface area contributed by atoms with Crippen LogP contribution in [0.2, 0.25) is 5.28 Å². The molecule has 20 heavy (non-hydrogen) atoms. The zero-order valence-electron chi connectivity index (χ0n) is 11.9. The number of rotatable bonds is 5. The number of halogens is 1. The molecule has 1 aliphatic rings. The zero-order valence-corrected chi connectivity index (χ0v) is 12.7. The maximum absolute atomic E-state index is 11.9. The summed E-state index contributed by atoms with van der Waals surface area (Å²) in [6, 6.07) is -0.289. The second-order valence-electron chi connectivity index (χ2n) is 4.65. The highest BCUT2D eigenvalue weighted by molar-refractivity contribution is 6.28. The number of nitrogens with zero attached hydrogens (tertiary/aromatic N) is 5. The molecule has 0 radical (unpaired) electrons. The van der Waals surface area contributed by atoms with Crippen LogP contribution in [0.25, 0.3) is 0 Å². The summed E-state index contributed by atoms with van der Waals surface area (Å²) < 4.78 is 0. The SMILES string of the molecule is CCN(CC)c1nc(Cl)nc(NC2CCN(C)C2=O)n1. The van der Waals surface area contributed by atoms with Crippen LogP contribution in [0.1, 0.15) is 20.3 Å². The van der Waals surface area contributed by atoms with Crippen LogP contribution >= 0.6 is 11.6 Å². The summed E-state index contributed by atoms with van der Waals surface area (Å²) in [5.41, 5.74) is 0. The Bertz CT molecular complexity index is 493. The van der Waals surface area contributed by atoms with Gasteiger partial charge in [-0.3, -0.25) is 4.79 Å². The Hall–Kier alpha value is -1.63. The van der Waals surface area contributed by atoms with Crippen molar-refractivity contribution in [2.45, 2.75) is 26.3 Å². The molecule has 1 aromatic heterocycles. The van der Waals surface area contributed by atoms with E-state index in [9.17, 15) is 4.79 Å². The summed E-state index contributed by atoms with van der Waals surface area (Å²) in [5, 5.41) is 3.17. The van der Waals surface area contributed by atoms with Crippen molar-refractivity contribution in [2.75, 3.05) is 36.9 Å². The second kappa shape index (κ2) is 6.21. The normalized spacial score (nSPS) is 18.5. The molecular weight excluding hydrogens is 280 g/mol. The first kappa shape index (κ1) is 14.8. The van der Waals surface area contributed by atoms with Crippen molar-refractivity contribution in [3.8, 4) is 0 Å². The number of hydrogen-bond acceptors (Lipinski definition) is 6. The van der Waals surface area contributed by atoms with E-state index in [0.717, 1.165) is 26.1 Å². The van der Waals surface area contributed by atoms with Gasteiger partial charge in [-0.25, -0.2) is 0 Å². The minimum Gasteiger partial charge on any atom is -0.344 e. The highest BCUT2D eigenvalue weighted by Crippen LogP contribution is 2.17. The van der Waals surface area contributed by atoms with Gasteiger partial charge >= 0.3 is 0 Å². The molecule has 7 nitrogen and oxygen atoms in total. The van der Waals surface area contributed by atoms with Gasteiger partial charge in [0.05, 0.1) is 0 Å². The largest absolute Gasteiger partial charge is 0.344 e. The number of carbonyl (C=O) groups excluding carboxylic acids is 1. The molecule has 1 saturated heterocycles. The van der Waals surface area contributed by atoms with Gasteiger partial charge in [0.2, 0.25) is 23.1 Å². The summed E-state index contributed by atoms with van der Waals surface area (Å²) in [6.07, 6.45) is 0.735. The van der Waals surface area contributed by atoms with E-state index < -0.39 is 0 Å². The van der Waals surface area contributed by atoms with Crippen LogP contribution < -0.4 is 10.2 Å². The Morgan fingerprint density at radius 3 is 2.60 bits per heavy atom. The van der Waals surface area contributed by atoms with Crippen molar-refractivity contribution in [1.29, 1.82) is 0 Å². The van der Waals surface area contributed by atoms with Crippen LogP contribution in [0.15, 0.2) is 0 Å². The molecule has 2 heterocycles. The molecule has 1 atom stereocenters. The van der Waals surface area contributed by atoms with Gasteiger partial charge in [0.15, 0.2) is 0 Å². The van der Waals surface area contributed by atoms with E-state index in [0.29, 0.717) is 11.9 Å². The lowest BCUT2D eigenvalue weighted by Gasteiger charge is -2.19. The van der Waals surface area contributed by atoms with Crippen molar-refractivity contribution < 1.29 is 4.79 Å². The number of carbonyl (C=O) groups is 1. The Morgan fingerprint density at radius 2 is 2.05 bits per heavy atom. The van der Waals surface area contributed by atoms with Gasteiger partial charge in [-0.15, -0.1) is 0 Å². The molecule has 1 aromatic rings. The van der Waals surface area contributed by atoms with Crippen LogP contribution in [0, 0.1) is 0 Å². The van der Waals surface area contributed by atoms with E-state index in [4.69, 9.17) is 11.6 Å². The Balaban J connectivity index is 2.18. The van der Waals surface area contributed by atoms with E-state index in [1.807, 2.05) is 18.7 Å². The van der Waals surface area contributed by atoms with Gasteiger partial charge in [-0.05, 0) is 31.9 Å². The van der Waals surface area contributed by atoms with Gasteiger partial charge in [0.25, 0.3) is 0 Å². The summed E-state index contributed by atoms with van der Waals surface area (Å²) in [6.45, 7) is 6.33. The highest BCUT2D eigenvalue weighted by atomic mass is 35.5. The molecule has 110 valence electrons. The number of anilines is 2. The fourth-order valence-electron chi connectivity index (χ4n) is 2.16. The molecule has 1 aliphatic heterocycles. The third-order valence-corrected chi connectivity index (χ3v) is 3.54. The van der Waals surface area contributed by atoms with Crippen molar-refractivity contribution in [1.82, 2.24) is 19.9 Å². The van der Waals surface area contributed by atoms with E-state index in [-0.39, 0.29) is 17.2 Å². The smallest absolute Gasteiger partial charge is 0.244 e. The molecule has 2 rings (SSSR count). The Labute approximate surface area is 123 Å². The average Bonchev–Trinajstić information content (AvgIpc) is 2.72. The van der Waals surface area contributed by atoms with Gasteiger partial charge in [0, 0.05) is 26.7 Å². The fourth-order valence-corrected chi connectivity index (χ4v) is 2.32. The van der Waals surface area contributed by atoms with Crippen LogP contribution in [0.5, 0.6) is 0 Å². The number of likely N-dealkylation sites (tertiary alicyclic amines) is 1. The lowest BCUT2D eigenvalue weighted by molar-refractivity contribution is -0.127. The first-order valence-corrected chi connectivity index (χ1v) is 7.11. The summed E-state index contributed by atoms with van der Waals surface area (Å²) in [7, 11) is 1.78. The molecule has 1 amide bonds. The van der Waals surface area contributed by atoms with Crippen LogP contribution in [-0.4, -0.2) is 58.5 Å². The molecule has 8 heteroatoms. The average molecular weight is 299 g/mol. The van der Waals surface area contributed by atoms with Crippen molar-refractivity contribution in [3.63, 3.8) is 0 Å². The van der Waals surface area contributed by atoms with Gasteiger partial charge in [-0.1, -0.05) is 0 Å². The molecule has 0 spiro atoms. The third-order valence-electron chi connectivity index (χ3n) is 3.37. The first-order valence-electron chi connectivity index (χ1n) is 6.73. The van der Waals surface area contributed by atoms with E-state index in [1.165, 1.54) is 0 Å². The van der Waals surface area contributed by atoms with Crippen LogP contribution in [0.4, 0.5) is 11.9 Å². The number of nitrogens with one attached hydrogen (secondary N) is 1. The van der Waals surface area contributed by atoms with Crippen LogP contribution in [-0.2, 0) is 4.79 Å². The maximum Gasteiger partial charge on any atom is 0.244 e. The number of hydrogen-bond donors (Lipinski definition) is 1. The van der Waals surface area contributed by atoms with Crippen molar-refractivity contribution in [3.05, 3.63) is 5.28 Å². The van der Waals surface area contributed by atoms with E-state index in [2.05, 4.69) is 20.3 Å². The van der Waals surface area contributed by atoms with Crippen LogP contribution in [0.3, 0.4) is 0 Å². The predicted molar refractivity (Wildman–Crippen MR) is 78.1 cm³/mol. The second-order valence-corrected chi connectivity index (χ2v) is 4.98. The molecule has 0 saturated carbocycles. The molecule has 1 unspecified atom stereocenters. The van der Waals surface area contributed by atoms with Gasteiger partial charge in [0.1, 0.15) is 6.04 Å². The number of aromatic nitrogens is 3. The zero-order chi connectivity index (χ0) is 14.7. The predicted octanol–water partition coefficient (Wildman–Crippen LogP) is 1.01. The van der Waals surface area contributed by atoms with E-state index >= 15 is 0 Å². The minimum absolute atomic E-state index is 0.0472. The van der Waals surface area contributed by atoms with E-state index in [1.54, 1.807) is 11.9 Å². The molecule has 0 aromatic carbocycles. The summed E-state index contributed by atoms with van der Waals surface area (Å²) in [5.74, 6) is 0.919. The lowest BCUT2D eigenvalue weighted by atomic mass is 10.2. The topological polar surface area (TPSA) is 74.2 Å². The Kier molecular flexibility index (Phi) is 4.59. The minimum atomic E-state index is -0.289. The molecular formula is C12H19ClN6O. The first-order chi connectivity index (χ1) is 9.55. The standard InChI is InChI=1S/C12H19ClN6O/c1-4-19(5-2)12-16-10(13)15-11(17-12)14-8-6-7-18(3)9(8)20/h8H,4-7H2,1-3H3,(H,14,15,16,17). The maximum atomic E-state index is 11.9. The number of likely N-dealkylation sites (N-methyl/N-ethyl adjacent to an activating group) is 1. The van der Waals surface area contributed by atoms with Gasteiger partial charge < -0.3 is 15.1 Å². The highest BCUT2D eigenvalue weighted by Gasteiger charge is 2.29. The van der Waals surface area contributed by atoms with Crippen molar-refractivity contribution >= 4 is 29.4 Å². The van der Waals surface area contributed by atoms with Gasteiger partial charge in [-0.2, -0.15) is 15.0 Å². The third kappa shape index (κ3) is 3.09. The molecule has 1 fully saturated rings. The molecule has 0 bridgehead atoms. The fraction of sp³-hybridized carbons (Fsp3) is 0.667. The molecule has 0 aliphatic carbocycles. The quantitative estimate of drug-likeness (QED) is 0.874. The lowest BCUT2D eigenvalue weighted by Crippen LogP contribution is -2.32. The summed E-state index contributed by atoms with van der Waals surface area (Å²) in [4.78, 5) is 28.0. The molecule has 1 N–H and O–H groups in total. The summed E-state index contributed by atoms with van der Waals surface area (Å²) >= 11 is 5.93. The number of amides is 1.